The van der Waals surface area contributed by atoms with Crippen molar-refractivity contribution in [2.45, 2.75) is 333 Å². The van der Waals surface area contributed by atoms with Crippen LogP contribution >= 0.6 is 0 Å². The van der Waals surface area contributed by atoms with Gasteiger partial charge in [-0.05, 0) is 77.0 Å². The van der Waals surface area contributed by atoms with E-state index in [1.807, 2.05) is 6.08 Å². The summed E-state index contributed by atoms with van der Waals surface area (Å²) in [5.41, 5.74) is 0. The molecule has 0 radical (unpaired) electrons. The molecule has 1 fully saturated rings. The monoisotopic (exact) mass is 1040 g/mol. The van der Waals surface area contributed by atoms with E-state index in [9.17, 15) is 30.3 Å². The van der Waals surface area contributed by atoms with Crippen molar-refractivity contribution >= 4 is 5.91 Å². The SMILES string of the molecule is CCCCCCC/C=C\C/C=C\CCCCCCCCCCCCCCCCCCCCCC(=O)NC(COC1OC(CO)C(O)C(O)C1O)C(O)/C=C/CC/C=C/CC/C=C/CCCCCCCCCCCC. The first-order chi connectivity index (χ1) is 36.3. The van der Waals surface area contributed by atoms with E-state index in [2.05, 4.69) is 67.8 Å². The molecular weight excluding hydrogens is 923 g/mol. The lowest BCUT2D eigenvalue weighted by atomic mass is 9.99. The number of unbranched alkanes of at least 4 members (excludes halogenated alkanes) is 36. The molecule has 74 heavy (non-hydrogen) atoms. The first-order valence-electron chi connectivity index (χ1n) is 31.5. The molecule has 1 rings (SSSR count). The Hall–Kier alpha value is -2.11. The Kier molecular flexibility index (Phi) is 51.3. The molecular formula is C65H119NO8. The Bertz CT molecular complexity index is 1350. The summed E-state index contributed by atoms with van der Waals surface area (Å²) < 4.78 is 11.3. The number of hydrogen-bond acceptors (Lipinski definition) is 8. The van der Waals surface area contributed by atoms with E-state index in [4.69, 9.17) is 9.47 Å². The highest BCUT2D eigenvalue weighted by Gasteiger charge is 2.44. The molecule has 1 saturated heterocycles. The first-order valence-corrected chi connectivity index (χ1v) is 31.5. The molecule has 9 nitrogen and oxygen atoms in total. The number of allylic oxidation sites excluding steroid dienone is 9. The molecule has 1 aliphatic heterocycles. The topological polar surface area (TPSA) is 149 Å². The number of nitrogens with one attached hydrogen (secondary N) is 1. The molecule has 0 aromatic carbocycles. The van der Waals surface area contributed by atoms with Crippen LogP contribution in [0.4, 0.5) is 0 Å². The smallest absolute Gasteiger partial charge is 0.220 e. The fourth-order valence-corrected chi connectivity index (χ4v) is 9.81. The van der Waals surface area contributed by atoms with Crippen molar-refractivity contribution in [3.05, 3.63) is 60.8 Å². The van der Waals surface area contributed by atoms with E-state index in [0.29, 0.717) is 6.42 Å². The van der Waals surface area contributed by atoms with Gasteiger partial charge in [0.25, 0.3) is 0 Å². The van der Waals surface area contributed by atoms with Crippen molar-refractivity contribution in [3.8, 4) is 0 Å². The highest BCUT2D eigenvalue weighted by atomic mass is 16.7. The van der Waals surface area contributed by atoms with Crippen LogP contribution in [0.5, 0.6) is 0 Å². The fraction of sp³-hybridized carbons (Fsp3) is 0.831. The van der Waals surface area contributed by atoms with Gasteiger partial charge in [0.05, 0.1) is 25.4 Å². The lowest BCUT2D eigenvalue weighted by Crippen LogP contribution is -2.60. The molecule has 7 unspecified atom stereocenters. The van der Waals surface area contributed by atoms with Gasteiger partial charge in [-0.3, -0.25) is 4.79 Å². The minimum absolute atomic E-state index is 0.188. The quantitative estimate of drug-likeness (QED) is 0.0261. The zero-order valence-electron chi connectivity index (χ0n) is 48.1. The summed E-state index contributed by atoms with van der Waals surface area (Å²) in [6, 6.07) is -0.829. The molecule has 9 heteroatoms. The fourth-order valence-electron chi connectivity index (χ4n) is 9.81. The summed E-state index contributed by atoms with van der Waals surface area (Å²) >= 11 is 0. The second kappa shape index (κ2) is 54.3. The van der Waals surface area contributed by atoms with Crippen LogP contribution in [0.25, 0.3) is 0 Å². The van der Waals surface area contributed by atoms with Gasteiger partial charge in [-0.15, -0.1) is 0 Å². The third-order valence-electron chi connectivity index (χ3n) is 14.8. The van der Waals surface area contributed by atoms with E-state index in [0.717, 1.165) is 51.4 Å². The van der Waals surface area contributed by atoms with Crippen LogP contribution in [-0.4, -0.2) is 87.5 Å². The molecule has 0 bridgehead atoms. The Morgan fingerprint density at radius 3 is 1.22 bits per heavy atom. The number of aliphatic hydroxyl groups excluding tert-OH is 5. The number of carbonyl (C=O) groups is 1. The van der Waals surface area contributed by atoms with E-state index in [1.165, 1.54) is 218 Å². The van der Waals surface area contributed by atoms with Crippen LogP contribution in [0.3, 0.4) is 0 Å². The van der Waals surface area contributed by atoms with Crippen LogP contribution < -0.4 is 5.32 Å². The van der Waals surface area contributed by atoms with E-state index >= 15 is 0 Å². The summed E-state index contributed by atoms with van der Waals surface area (Å²) in [4.78, 5) is 13.1. The molecule has 0 aromatic rings. The van der Waals surface area contributed by atoms with Crippen molar-refractivity contribution < 1.29 is 39.8 Å². The van der Waals surface area contributed by atoms with Gasteiger partial charge in [0.15, 0.2) is 6.29 Å². The van der Waals surface area contributed by atoms with Gasteiger partial charge in [-0.2, -0.15) is 0 Å². The maximum Gasteiger partial charge on any atom is 0.220 e. The maximum atomic E-state index is 13.1. The number of aliphatic hydroxyl groups is 5. The molecule has 1 heterocycles. The van der Waals surface area contributed by atoms with Crippen LogP contribution in [0.15, 0.2) is 60.8 Å². The average molecular weight is 1040 g/mol. The van der Waals surface area contributed by atoms with Gasteiger partial charge in [-0.1, -0.05) is 267 Å². The summed E-state index contributed by atoms with van der Waals surface area (Å²) in [5, 5.41) is 54.6. The summed E-state index contributed by atoms with van der Waals surface area (Å²) in [7, 11) is 0. The second-order valence-corrected chi connectivity index (χ2v) is 21.8. The van der Waals surface area contributed by atoms with Crippen molar-refractivity contribution in [2.75, 3.05) is 13.2 Å². The van der Waals surface area contributed by atoms with E-state index < -0.39 is 49.5 Å². The predicted molar refractivity (Wildman–Crippen MR) is 313 cm³/mol. The molecule has 0 aliphatic carbocycles. The largest absolute Gasteiger partial charge is 0.394 e. The van der Waals surface area contributed by atoms with Crippen LogP contribution in [-0.2, 0) is 14.3 Å². The minimum Gasteiger partial charge on any atom is -0.394 e. The highest BCUT2D eigenvalue weighted by molar-refractivity contribution is 5.76. The van der Waals surface area contributed by atoms with Gasteiger partial charge in [0.1, 0.15) is 24.4 Å². The zero-order valence-corrected chi connectivity index (χ0v) is 48.1. The number of ether oxygens (including phenoxy) is 2. The number of hydrogen-bond donors (Lipinski definition) is 6. The van der Waals surface area contributed by atoms with Gasteiger partial charge in [0, 0.05) is 6.42 Å². The molecule has 0 aromatic heterocycles. The Balaban J connectivity index is 2.18. The van der Waals surface area contributed by atoms with E-state index in [-0.39, 0.29) is 12.5 Å². The molecule has 432 valence electrons. The summed E-state index contributed by atoms with van der Waals surface area (Å²) in [6.07, 6.45) is 67.3. The highest BCUT2D eigenvalue weighted by Crippen LogP contribution is 2.23. The van der Waals surface area contributed by atoms with Gasteiger partial charge >= 0.3 is 0 Å². The summed E-state index contributed by atoms with van der Waals surface area (Å²) in [5.74, 6) is -0.188. The van der Waals surface area contributed by atoms with Crippen molar-refractivity contribution in [1.29, 1.82) is 0 Å². The van der Waals surface area contributed by atoms with Crippen molar-refractivity contribution in [1.82, 2.24) is 5.32 Å². The molecule has 0 spiro atoms. The Morgan fingerprint density at radius 1 is 0.459 bits per heavy atom. The van der Waals surface area contributed by atoms with Crippen molar-refractivity contribution in [2.24, 2.45) is 0 Å². The van der Waals surface area contributed by atoms with Crippen LogP contribution in [0.1, 0.15) is 290 Å². The van der Waals surface area contributed by atoms with Crippen molar-refractivity contribution in [3.63, 3.8) is 0 Å². The Morgan fingerprint density at radius 2 is 0.811 bits per heavy atom. The normalized spacial score (nSPS) is 19.4. The Labute approximate surface area is 456 Å². The van der Waals surface area contributed by atoms with Gasteiger partial charge < -0.3 is 40.3 Å². The van der Waals surface area contributed by atoms with Crippen LogP contribution in [0, 0.1) is 0 Å². The standard InChI is InChI=1S/C65H119NO8/c1-3-5-7-9-11-13-15-17-19-21-23-25-26-27-28-29-30-31-32-33-34-35-37-39-41-43-45-47-49-51-53-55-61(69)66-58(57-73-65-64(72)63(71)62(70)60(56-67)74-65)59(68)54-52-50-48-46-44-42-40-38-36-24-22-20-18-16-14-12-10-8-6-4-2/h15,17,21,23,36,38,44,46,52,54,58-60,62-65,67-68,70-72H,3-14,16,18-20,22,24-35,37,39-43,45,47-51,53,55-57H2,1-2H3,(H,66,69)/b17-15-,23-21-,38-36+,46-44+,54-52+. The maximum absolute atomic E-state index is 13.1. The molecule has 0 saturated carbocycles. The van der Waals surface area contributed by atoms with E-state index in [1.54, 1.807) is 6.08 Å². The first kappa shape index (κ1) is 69.9. The lowest BCUT2D eigenvalue weighted by Gasteiger charge is -2.40. The van der Waals surface area contributed by atoms with Crippen LogP contribution in [0.2, 0.25) is 0 Å². The number of carbonyl (C=O) groups excluding carboxylic acids is 1. The minimum atomic E-state index is -1.58. The molecule has 1 amide bonds. The lowest BCUT2D eigenvalue weighted by molar-refractivity contribution is -0.302. The zero-order chi connectivity index (χ0) is 53.6. The second-order valence-electron chi connectivity index (χ2n) is 21.8. The molecule has 6 N–H and O–H groups in total. The predicted octanol–water partition coefficient (Wildman–Crippen LogP) is 16.2. The third kappa shape index (κ3) is 42.9. The third-order valence-corrected chi connectivity index (χ3v) is 14.8. The summed E-state index contributed by atoms with van der Waals surface area (Å²) in [6.45, 7) is 3.77. The number of rotatable bonds is 54. The molecule has 1 aliphatic rings. The van der Waals surface area contributed by atoms with Gasteiger partial charge in [0.2, 0.25) is 5.91 Å². The number of amides is 1. The average Bonchev–Trinajstić information content (AvgIpc) is 3.40. The molecule has 7 atom stereocenters. The van der Waals surface area contributed by atoms with Gasteiger partial charge in [-0.25, -0.2) is 0 Å².